The number of para-hydroxylation sites is 1. The molecular weight excluding hydrogens is 338 g/mol. The molecule has 1 heterocycles. The first kappa shape index (κ1) is 17.5. The fraction of sp³-hybridized carbons (Fsp3) is 0.267. The molecule has 0 aliphatic rings. The fourth-order valence-corrected chi connectivity index (χ4v) is 4.49. The molecule has 2 rings (SSSR count). The first-order valence-corrected chi connectivity index (χ1v) is 8.98. The molecule has 124 valence electrons. The monoisotopic (exact) mass is 355 g/mol. The molecule has 1 amide bonds. The number of anilines is 1. The van der Waals surface area contributed by atoms with Gasteiger partial charge in [-0.1, -0.05) is 12.1 Å². The normalized spacial score (nSPS) is 12.0. The largest absolute Gasteiger partial charge is 0.495 e. The predicted octanol–water partition coefficient (Wildman–Crippen LogP) is 2.30. The number of rotatable bonds is 5. The molecule has 6 nitrogen and oxygen atoms in total. The van der Waals surface area contributed by atoms with Gasteiger partial charge in [0.05, 0.1) is 12.1 Å². The van der Waals surface area contributed by atoms with E-state index in [-0.39, 0.29) is 14.9 Å². The standard InChI is InChI=1S/C15H17NO5S2/c1-15(2,18)14(17)16-12-8-9-13(22-12)23(19,20)11-7-5-4-6-10(11)21-3/h4-9,18H,1-3H3,(H,16,17). The lowest BCUT2D eigenvalue weighted by atomic mass is 10.1. The number of sulfone groups is 1. The molecule has 0 aliphatic carbocycles. The second-order valence-corrected chi connectivity index (χ2v) is 8.51. The van der Waals surface area contributed by atoms with E-state index in [2.05, 4.69) is 5.32 Å². The van der Waals surface area contributed by atoms with Gasteiger partial charge in [-0.15, -0.1) is 11.3 Å². The molecule has 2 N–H and O–H groups in total. The summed E-state index contributed by atoms with van der Waals surface area (Å²) in [6.45, 7) is 2.70. The summed E-state index contributed by atoms with van der Waals surface area (Å²) in [6, 6.07) is 9.21. The zero-order valence-electron chi connectivity index (χ0n) is 12.9. The summed E-state index contributed by atoms with van der Waals surface area (Å²) in [4.78, 5) is 11.8. The van der Waals surface area contributed by atoms with Gasteiger partial charge in [0, 0.05) is 0 Å². The van der Waals surface area contributed by atoms with Crippen molar-refractivity contribution in [3.8, 4) is 5.75 Å². The minimum Gasteiger partial charge on any atom is -0.495 e. The summed E-state index contributed by atoms with van der Waals surface area (Å²) in [7, 11) is -2.35. The number of nitrogens with one attached hydrogen (secondary N) is 1. The van der Waals surface area contributed by atoms with Crippen LogP contribution in [0.2, 0.25) is 0 Å². The Balaban J connectivity index is 2.34. The summed E-state index contributed by atoms with van der Waals surface area (Å²) in [5.41, 5.74) is -1.55. The average Bonchev–Trinajstić information content (AvgIpc) is 2.95. The number of ether oxygens (including phenoxy) is 1. The molecule has 1 aromatic carbocycles. The maximum atomic E-state index is 12.7. The summed E-state index contributed by atoms with van der Waals surface area (Å²) >= 11 is 0.912. The molecular formula is C15H17NO5S2. The van der Waals surface area contributed by atoms with Crippen molar-refractivity contribution in [2.24, 2.45) is 0 Å². The van der Waals surface area contributed by atoms with Gasteiger partial charge in [0.2, 0.25) is 9.84 Å². The van der Waals surface area contributed by atoms with Crippen molar-refractivity contribution in [3.05, 3.63) is 36.4 Å². The Kier molecular flexibility index (Phi) is 4.79. The second-order valence-electron chi connectivity index (χ2n) is 5.29. The zero-order chi connectivity index (χ0) is 17.3. The Hall–Kier alpha value is -1.90. The van der Waals surface area contributed by atoms with Crippen molar-refractivity contribution in [1.82, 2.24) is 0 Å². The van der Waals surface area contributed by atoms with Gasteiger partial charge in [0.25, 0.3) is 5.91 Å². The van der Waals surface area contributed by atoms with E-state index >= 15 is 0 Å². The third-order valence-corrected chi connectivity index (χ3v) is 6.28. The van der Waals surface area contributed by atoms with Crippen molar-refractivity contribution in [2.45, 2.75) is 28.6 Å². The predicted molar refractivity (Wildman–Crippen MR) is 87.7 cm³/mol. The lowest BCUT2D eigenvalue weighted by molar-refractivity contribution is -0.130. The summed E-state index contributed by atoms with van der Waals surface area (Å²) in [5, 5.41) is 12.4. The number of aliphatic hydroxyl groups is 1. The van der Waals surface area contributed by atoms with Crippen molar-refractivity contribution < 1.29 is 23.1 Å². The molecule has 8 heteroatoms. The summed E-state index contributed by atoms with van der Waals surface area (Å²) in [6.07, 6.45) is 0. The van der Waals surface area contributed by atoms with Gasteiger partial charge in [-0.3, -0.25) is 4.79 Å². The Labute approximate surface area is 138 Å². The van der Waals surface area contributed by atoms with Crippen molar-refractivity contribution >= 4 is 32.1 Å². The number of hydrogen-bond donors (Lipinski definition) is 2. The number of methoxy groups -OCH3 is 1. The van der Waals surface area contributed by atoms with Crippen LogP contribution in [0.1, 0.15) is 13.8 Å². The number of carbonyl (C=O) groups excluding carboxylic acids is 1. The number of benzene rings is 1. The average molecular weight is 355 g/mol. The maximum absolute atomic E-state index is 12.7. The zero-order valence-corrected chi connectivity index (χ0v) is 14.5. The minimum absolute atomic E-state index is 0.0599. The fourth-order valence-electron chi connectivity index (χ4n) is 1.75. The quantitative estimate of drug-likeness (QED) is 0.858. The molecule has 0 unspecified atom stereocenters. The molecule has 0 spiro atoms. The highest BCUT2D eigenvalue weighted by atomic mass is 32.2. The highest BCUT2D eigenvalue weighted by molar-refractivity contribution is 7.93. The minimum atomic E-state index is -3.75. The van der Waals surface area contributed by atoms with Crippen LogP contribution in [0.15, 0.2) is 45.5 Å². The smallest absolute Gasteiger partial charge is 0.256 e. The molecule has 2 aromatic rings. The third-order valence-electron chi connectivity index (χ3n) is 3.00. The van der Waals surface area contributed by atoms with Crippen LogP contribution in [0.25, 0.3) is 0 Å². The van der Waals surface area contributed by atoms with Gasteiger partial charge < -0.3 is 15.2 Å². The highest BCUT2D eigenvalue weighted by Gasteiger charge is 2.27. The topological polar surface area (TPSA) is 92.7 Å². The van der Waals surface area contributed by atoms with E-state index < -0.39 is 21.3 Å². The first-order chi connectivity index (χ1) is 10.7. The van der Waals surface area contributed by atoms with Crippen LogP contribution in [0, 0.1) is 0 Å². The van der Waals surface area contributed by atoms with Crippen molar-refractivity contribution in [3.63, 3.8) is 0 Å². The van der Waals surface area contributed by atoms with Gasteiger partial charge in [0.1, 0.15) is 20.5 Å². The molecule has 0 fully saturated rings. The van der Waals surface area contributed by atoms with Crippen LogP contribution >= 0.6 is 11.3 Å². The molecule has 1 aromatic heterocycles. The lowest BCUT2D eigenvalue weighted by Gasteiger charge is -2.15. The van der Waals surface area contributed by atoms with Crippen LogP contribution in [-0.2, 0) is 14.6 Å². The summed E-state index contributed by atoms with van der Waals surface area (Å²) in [5.74, 6) is -0.358. The van der Waals surface area contributed by atoms with Gasteiger partial charge in [-0.05, 0) is 38.1 Å². The van der Waals surface area contributed by atoms with Crippen LogP contribution in [0.3, 0.4) is 0 Å². The van der Waals surface area contributed by atoms with Crippen LogP contribution in [0.4, 0.5) is 5.00 Å². The number of hydrogen-bond acceptors (Lipinski definition) is 6. The molecule has 0 saturated carbocycles. The van der Waals surface area contributed by atoms with E-state index in [0.29, 0.717) is 5.00 Å². The maximum Gasteiger partial charge on any atom is 0.256 e. The van der Waals surface area contributed by atoms with Crippen molar-refractivity contribution in [1.29, 1.82) is 0 Å². The summed E-state index contributed by atoms with van der Waals surface area (Å²) < 4.78 is 30.5. The van der Waals surface area contributed by atoms with E-state index in [0.717, 1.165) is 11.3 Å². The lowest BCUT2D eigenvalue weighted by Crippen LogP contribution is -2.36. The molecule has 0 saturated heterocycles. The molecule has 0 bridgehead atoms. The number of amides is 1. The van der Waals surface area contributed by atoms with Crippen LogP contribution in [0.5, 0.6) is 5.75 Å². The van der Waals surface area contributed by atoms with Crippen LogP contribution < -0.4 is 10.1 Å². The van der Waals surface area contributed by atoms with Gasteiger partial charge in [-0.2, -0.15) is 0 Å². The first-order valence-electron chi connectivity index (χ1n) is 6.68. The van der Waals surface area contributed by atoms with E-state index in [1.54, 1.807) is 18.2 Å². The Morgan fingerprint density at radius 2 is 1.87 bits per heavy atom. The highest BCUT2D eigenvalue weighted by Crippen LogP contribution is 2.34. The number of carbonyl (C=O) groups is 1. The Morgan fingerprint density at radius 3 is 2.48 bits per heavy atom. The van der Waals surface area contributed by atoms with E-state index in [9.17, 15) is 18.3 Å². The SMILES string of the molecule is COc1ccccc1S(=O)(=O)c1ccc(NC(=O)C(C)(C)O)s1. The van der Waals surface area contributed by atoms with Gasteiger partial charge in [0.15, 0.2) is 0 Å². The number of thiophene rings is 1. The van der Waals surface area contributed by atoms with E-state index in [1.807, 2.05) is 0 Å². The molecule has 0 atom stereocenters. The Bertz CT molecular complexity index is 818. The van der Waals surface area contributed by atoms with E-state index in [1.165, 1.54) is 39.2 Å². The van der Waals surface area contributed by atoms with E-state index in [4.69, 9.17) is 4.74 Å². The Morgan fingerprint density at radius 1 is 1.22 bits per heavy atom. The van der Waals surface area contributed by atoms with Gasteiger partial charge in [-0.25, -0.2) is 8.42 Å². The van der Waals surface area contributed by atoms with Crippen LogP contribution in [-0.4, -0.2) is 32.1 Å². The van der Waals surface area contributed by atoms with Crippen molar-refractivity contribution in [2.75, 3.05) is 12.4 Å². The molecule has 0 aliphatic heterocycles. The third kappa shape index (κ3) is 3.72. The molecule has 0 radical (unpaired) electrons. The van der Waals surface area contributed by atoms with Gasteiger partial charge >= 0.3 is 0 Å². The second kappa shape index (κ2) is 6.31. The molecule has 23 heavy (non-hydrogen) atoms.